The monoisotopic (exact) mass is 313 g/mol. The predicted molar refractivity (Wildman–Crippen MR) is 76.9 cm³/mol. The lowest BCUT2D eigenvalue weighted by molar-refractivity contribution is 0.0176. The maximum absolute atomic E-state index is 5.39. The normalized spacial score (nSPS) is 20.4. The van der Waals surface area contributed by atoms with Crippen LogP contribution in [0.2, 0.25) is 0 Å². The van der Waals surface area contributed by atoms with Crippen LogP contribution in [0.3, 0.4) is 0 Å². The van der Waals surface area contributed by atoms with Gasteiger partial charge in [-0.25, -0.2) is 0 Å². The van der Waals surface area contributed by atoms with Gasteiger partial charge in [0.1, 0.15) is 0 Å². The Hall–Kier alpha value is -0.650. The molecule has 1 saturated heterocycles. The molecule has 0 amide bonds. The van der Waals surface area contributed by atoms with Crippen LogP contribution in [0.4, 0.5) is 5.69 Å². The first kappa shape index (κ1) is 13.8. The second-order valence-electron chi connectivity index (χ2n) is 4.71. The summed E-state index contributed by atoms with van der Waals surface area (Å²) in [6.07, 6.45) is 3.65. The van der Waals surface area contributed by atoms with Crippen LogP contribution in [0.15, 0.2) is 22.9 Å². The fraction of sp³-hybridized carbons (Fsp3) is 0.615. The summed E-state index contributed by atoms with van der Waals surface area (Å²) in [5.74, 6) is 0. The van der Waals surface area contributed by atoms with Crippen molar-refractivity contribution in [3.8, 4) is 0 Å². The first-order valence-electron chi connectivity index (χ1n) is 6.35. The Balaban J connectivity index is 1.92. The molecule has 0 radical (unpaired) electrons. The van der Waals surface area contributed by atoms with Gasteiger partial charge >= 0.3 is 0 Å². The molecule has 0 aromatic carbocycles. The molecule has 2 atom stereocenters. The van der Waals surface area contributed by atoms with E-state index in [4.69, 9.17) is 4.74 Å². The molecule has 0 bridgehead atoms. The van der Waals surface area contributed by atoms with Crippen LogP contribution in [0.5, 0.6) is 0 Å². The molecule has 0 saturated carbocycles. The molecule has 2 heterocycles. The second-order valence-corrected chi connectivity index (χ2v) is 5.63. The van der Waals surface area contributed by atoms with Crippen molar-refractivity contribution in [1.29, 1.82) is 0 Å². The van der Waals surface area contributed by atoms with Crippen molar-refractivity contribution in [3.05, 3.63) is 22.9 Å². The maximum Gasteiger partial charge on any atom is 0.0594 e. The Morgan fingerprint density at radius 2 is 2.06 bits per heavy atom. The number of morpholine rings is 1. The van der Waals surface area contributed by atoms with E-state index in [1.807, 2.05) is 6.20 Å². The molecule has 1 N–H and O–H groups in total. The van der Waals surface area contributed by atoms with Crippen molar-refractivity contribution in [3.63, 3.8) is 0 Å². The molecular weight excluding hydrogens is 294 g/mol. The van der Waals surface area contributed by atoms with E-state index in [-0.39, 0.29) is 0 Å². The Morgan fingerprint density at radius 3 is 2.72 bits per heavy atom. The van der Waals surface area contributed by atoms with Crippen molar-refractivity contribution < 1.29 is 4.74 Å². The van der Waals surface area contributed by atoms with E-state index in [1.165, 1.54) is 0 Å². The van der Waals surface area contributed by atoms with Gasteiger partial charge < -0.3 is 10.1 Å². The molecule has 2 rings (SSSR count). The highest BCUT2D eigenvalue weighted by Crippen LogP contribution is 2.17. The smallest absolute Gasteiger partial charge is 0.0594 e. The van der Waals surface area contributed by atoms with Crippen LogP contribution in [0.25, 0.3) is 0 Å². The first-order valence-corrected chi connectivity index (χ1v) is 7.15. The summed E-state index contributed by atoms with van der Waals surface area (Å²) in [5, 5.41) is 3.50. The molecular formula is C13H20BrN3O. The second kappa shape index (κ2) is 6.50. The molecule has 18 heavy (non-hydrogen) atoms. The van der Waals surface area contributed by atoms with Crippen LogP contribution < -0.4 is 5.32 Å². The minimum Gasteiger partial charge on any atom is -0.380 e. The van der Waals surface area contributed by atoms with Gasteiger partial charge in [0.05, 0.1) is 25.1 Å². The Morgan fingerprint density at radius 1 is 1.33 bits per heavy atom. The average Bonchev–Trinajstić information content (AvgIpc) is 2.39. The number of ether oxygens (including phenoxy) is 1. The van der Waals surface area contributed by atoms with Crippen molar-refractivity contribution in [2.75, 3.05) is 31.6 Å². The zero-order chi connectivity index (χ0) is 13.0. The van der Waals surface area contributed by atoms with E-state index in [0.717, 1.165) is 36.5 Å². The molecule has 1 aromatic rings. The van der Waals surface area contributed by atoms with E-state index in [9.17, 15) is 0 Å². The third kappa shape index (κ3) is 3.67. The van der Waals surface area contributed by atoms with Crippen LogP contribution in [0, 0.1) is 0 Å². The van der Waals surface area contributed by atoms with Crippen molar-refractivity contribution in [1.82, 2.24) is 9.88 Å². The molecule has 1 aromatic heterocycles. The topological polar surface area (TPSA) is 37.4 Å². The van der Waals surface area contributed by atoms with Gasteiger partial charge in [-0.05, 0) is 35.8 Å². The Labute approximate surface area is 117 Å². The van der Waals surface area contributed by atoms with E-state index >= 15 is 0 Å². The van der Waals surface area contributed by atoms with Gasteiger partial charge in [-0.15, -0.1) is 0 Å². The number of nitrogens with zero attached hydrogens (tertiary/aromatic N) is 2. The van der Waals surface area contributed by atoms with E-state index in [0.29, 0.717) is 12.1 Å². The first-order chi connectivity index (χ1) is 8.66. The Kier molecular flexibility index (Phi) is 4.97. The summed E-state index contributed by atoms with van der Waals surface area (Å²) in [6, 6.07) is 2.90. The lowest BCUT2D eigenvalue weighted by atomic mass is 10.1. The number of pyridine rings is 1. The molecule has 5 heteroatoms. The minimum atomic E-state index is 0.374. The summed E-state index contributed by atoms with van der Waals surface area (Å²) in [7, 11) is 0. The molecule has 100 valence electrons. The highest BCUT2D eigenvalue weighted by atomic mass is 79.9. The standard InChI is InChI=1S/C13H20BrN3O/c1-10(11(2)17-3-5-18-6-4-17)16-13-7-12(14)8-15-9-13/h7-11,16H,3-6H2,1-2H3/t10-,11+/m1/s1. The van der Waals surface area contributed by atoms with Gasteiger partial charge in [0, 0.05) is 35.8 Å². The number of aromatic nitrogens is 1. The zero-order valence-corrected chi connectivity index (χ0v) is 12.5. The fourth-order valence-corrected chi connectivity index (χ4v) is 2.54. The third-order valence-electron chi connectivity index (χ3n) is 3.44. The summed E-state index contributed by atoms with van der Waals surface area (Å²) in [6.45, 7) is 8.19. The number of anilines is 1. The summed E-state index contributed by atoms with van der Waals surface area (Å²) in [4.78, 5) is 6.63. The quantitative estimate of drug-likeness (QED) is 0.926. The van der Waals surface area contributed by atoms with Crippen LogP contribution in [0.1, 0.15) is 13.8 Å². The largest absolute Gasteiger partial charge is 0.380 e. The summed E-state index contributed by atoms with van der Waals surface area (Å²) < 4.78 is 6.38. The number of rotatable bonds is 4. The maximum atomic E-state index is 5.39. The lowest BCUT2D eigenvalue weighted by Crippen LogP contribution is -2.48. The van der Waals surface area contributed by atoms with Crippen molar-refractivity contribution >= 4 is 21.6 Å². The van der Waals surface area contributed by atoms with E-state index < -0.39 is 0 Å². The van der Waals surface area contributed by atoms with Gasteiger partial charge in [-0.2, -0.15) is 0 Å². The number of hydrogen-bond acceptors (Lipinski definition) is 4. The number of hydrogen-bond donors (Lipinski definition) is 1. The molecule has 1 aliphatic heterocycles. The van der Waals surface area contributed by atoms with Crippen LogP contribution >= 0.6 is 15.9 Å². The fourth-order valence-electron chi connectivity index (χ4n) is 2.18. The minimum absolute atomic E-state index is 0.374. The summed E-state index contributed by atoms with van der Waals surface area (Å²) in [5.41, 5.74) is 1.05. The SMILES string of the molecule is C[C@@H](Nc1cncc(Br)c1)[C@H](C)N1CCOCC1. The van der Waals surface area contributed by atoms with Crippen LogP contribution in [-0.4, -0.2) is 48.3 Å². The summed E-state index contributed by atoms with van der Waals surface area (Å²) >= 11 is 3.44. The van der Waals surface area contributed by atoms with Gasteiger partial charge in [0.2, 0.25) is 0 Å². The molecule has 4 nitrogen and oxygen atoms in total. The van der Waals surface area contributed by atoms with Gasteiger partial charge in [0.15, 0.2) is 0 Å². The zero-order valence-electron chi connectivity index (χ0n) is 10.9. The molecule has 0 unspecified atom stereocenters. The van der Waals surface area contributed by atoms with E-state index in [1.54, 1.807) is 6.20 Å². The molecule has 1 fully saturated rings. The van der Waals surface area contributed by atoms with Crippen molar-refractivity contribution in [2.45, 2.75) is 25.9 Å². The highest BCUT2D eigenvalue weighted by Gasteiger charge is 2.21. The highest BCUT2D eigenvalue weighted by molar-refractivity contribution is 9.10. The molecule has 1 aliphatic rings. The van der Waals surface area contributed by atoms with Gasteiger partial charge in [-0.1, -0.05) is 0 Å². The number of nitrogens with one attached hydrogen (secondary N) is 1. The lowest BCUT2D eigenvalue weighted by Gasteiger charge is -2.36. The third-order valence-corrected chi connectivity index (χ3v) is 3.88. The van der Waals surface area contributed by atoms with E-state index in [2.05, 4.69) is 51.0 Å². The molecule has 0 aliphatic carbocycles. The predicted octanol–water partition coefficient (Wildman–Crippen LogP) is 2.37. The Bertz CT molecular complexity index is 382. The average molecular weight is 314 g/mol. The van der Waals surface area contributed by atoms with Crippen molar-refractivity contribution in [2.24, 2.45) is 0 Å². The van der Waals surface area contributed by atoms with Crippen LogP contribution in [-0.2, 0) is 4.74 Å². The number of halogens is 1. The van der Waals surface area contributed by atoms with Gasteiger partial charge in [-0.3, -0.25) is 9.88 Å². The van der Waals surface area contributed by atoms with Gasteiger partial charge in [0.25, 0.3) is 0 Å². The molecule has 0 spiro atoms.